The zero-order valence-electron chi connectivity index (χ0n) is 7.70. The molecule has 0 aliphatic heterocycles. The lowest BCUT2D eigenvalue weighted by molar-refractivity contribution is 0.287. The Labute approximate surface area is 81.2 Å². The van der Waals surface area contributed by atoms with Gasteiger partial charge in [-0.2, -0.15) is 0 Å². The maximum atomic E-state index is 9.23. The number of phenolic OH excluding ortho intramolecular Hbond substituents is 1. The predicted octanol–water partition coefficient (Wildman–Crippen LogP) is 1.19. The summed E-state index contributed by atoms with van der Waals surface area (Å²) in [6.07, 6.45) is 1.43. The second-order valence-electron chi connectivity index (χ2n) is 3.21. The van der Waals surface area contributed by atoms with E-state index >= 15 is 0 Å². The van der Waals surface area contributed by atoms with Gasteiger partial charge < -0.3 is 15.2 Å². The Kier molecular flexibility index (Phi) is 2.37. The van der Waals surface area contributed by atoms with Gasteiger partial charge >= 0.3 is 0 Å². The number of aryl methyl sites for hydroxylation is 1. The summed E-state index contributed by atoms with van der Waals surface area (Å²) in [7, 11) is 0. The number of rotatable bonds is 3. The molecular formula is C10H12N2O2. The number of aromatic nitrogens is 2. The van der Waals surface area contributed by atoms with Crippen LogP contribution in [0.3, 0.4) is 0 Å². The van der Waals surface area contributed by atoms with E-state index in [9.17, 15) is 5.11 Å². The van der Waals surface area contributed by atoms with E-state index in [2.05, 4.69) is 9.97 Å². The quantitative estimate of drug-likeness (QED) is 0.684. The summed E-state index contributed by atoms with van der Waals surface area (Å²) < 4.78 is 0. The Morgan fingerprint density at radius 2 is 2.21 bits per heavy atom. The van der Waals surface area contributed by atoms with Crippen LogP contribution in [0.15, 0.2) is 18.2 Å². The maximum Gasteiger partial charge on any atom is 0.117 e. The number of fused-ring (bicyclic) bond motifs is 1. The van der Waals surface area contributed by atoms with Crippen LogP contribution in [0.5, 0.6) is 5.75 Å². The van der Waals surface area contributed by atoms with Crippen molar-refractivity contribution in [3.63, 3.8) is 0 Å². The topological polar surface area (TPSA) is 69.1 Å². The Morgan fingerprint density at radius 3 is 3.00 bits per heavy atom. The van der Waals surface area contributed by atoms with Crippen molar-refractivity contribution in [3.8, 4) is 5.75 Å². The third-order valence-corrected chi connectivity index (χ3v) is 2.09. The first-order chi connectivity index (χ1) is 6.79. The number of nitrogens with zero attached hydrogens (tertiary/aromatic N) is 1. The molecule has 0 unspecified atom stereocenters. The van der Waals surface area contributed by atoms with Gasteiger partial charge in [-0.25, -0.2) is 4.98 Å². The number of phenols is 1. The van der Waals surface area contributed by atoms with Crippen LogP contribution in [-0.2, 0) is 6.42 Å². The monoisotopic (exact) mass is 192 g/mol. The van der Waals surface area contributed by atoms with Crippen LogP contribution in [0.4, 0.5) is 0 Å². The molecule has 0 spiro atoms. The van der Waals surface area contributed by atoms with Gasteiger partial charge in [0.2, 0.25) is 0 Å². The summed E-state index contributed by atoms with van der Waals surface area (Å²) in [5, 5.41) is 17.9. The molecule has 14 heavy (non-hydrogen) atoms. The van der Waals surface area contributed by atoms with E-state index in [0.29, 0.717) is 6.42 Å². The first-order valence-corrected chi connectivity index (χ1v) is 4.58. The molecule has 0 atom stereocenters. The fraction of sp³-hybridized carbons (Fsp3) is 0.300. The fourth-order valence-electron chi connectivity index (χ4n) is 1.42. The summed E-state index contributed by atoms with van der Waals surface area (Å²) in [5.41, 5.74) is 1.67. The third kappa shape index (κ3) is 1.70. The minimum Gasteiger partial charge on any atom is -0.508 e. The van der Waals surface area contributed by atoms with Gasteiger partial charge in [0, 0.05) is 19.1 Å². The van der Waals surface area contributed by atoms with Gasteiger partial charge in [0.1, 0.15) is 11.6 Å². The highest BCUT2D eigenvalue weighted by molar-refractivity contribution is 5.76. The number of aliphatic hydroxyl groups is 1. The zero-order chi connectivity index (χ0) is 9.97. The number of aliphatic hydroxyl groups excluding tert-OH is 1. The van der Waals surface area contributed by atoms with Crippen molar-refractivity contribution in [2.24, 2.45) is 0 Å². The lowest BCUT2D eigenvalue weighted by atomic mass is 10.3. The largest absolute Gasteiger partial charge is 0.508 e. The molecule has 0 aliphatic rings. The Morgan fingerprint density at radius 1 is 1.36 bits per heavy atom. The molecule has 1 aromatic heterocycles. The molecular weight excluding hydrogens is 180 g/mol. The van der Waals surface area contributed by atoms with Crippen LogP contribution >= 0.6 is 0 Å². The first-order valence-electron chi connectivity index (χ1n) is 4.58. The average molecular weight is 192 g/mol. The molecule has 0 radical (unpaired) electrons. The number of benzene rings is 1. The summed E-state index contributed by atoms with van der Waals surface area (Å²) in [5.74, 6) is 1.08. The van der Waals surface area contributed by atoms with Gasteiger partial charge in [0.25, 0.3) is 0 Å². The average Bonchev–Trinajstić information content (AvgIpc) is 2.56. The summed E-state index contributed by atoms with van der Waals surface area (Å²) in [6, 6.07) is 5.02. The van der Waals surface area contributed by atoms with Crippen LogP contribution in [0, 0.1) is 0 Å². The molecule has 4 heteroatoms. The Balaban J connectivity index is 2.32. The van der Waals surface area contributed by atoms with E-state index in [-0.39, 0.29) is 12.4 Å². The molecule has 0 saturated carbocycles. The summed E-state index contributed by atoms with van der Waals surface area (Å²) in [6.45, 7) is 0.169. The molecule has 0 fully saturated rings. The van der Waals surface area contributed by atoms with Crippen LogP contribution in [0.2, 0.25) is 0 Å². The van der Waals surface area contributed by atoms with E-state index in [1.807, 2.05) is 0 Å². The van der Waals surface area contributed by atoms with Gasteiger partial charge in [-0.05, 0) is 18.6 Å². The highest BCUT2D eigenvalue weighted by atomic mass is 16.3. The molecule has 0 aliphatic carbocycles. The number of H-pyrrole nitrogens is 1. The normalized spacial score (nSPS) is 10.9. The van der Waals surface area contributed by atoms with Crippen molar-refractivity contribution in [2.75, 3.05) is 6.61 Å². The fourth-order valence-corrected chi connectivity index (χ4v) is 1.42. The lowest BCUT2D eigenvalue weighted by Gasteiger charge is -1.90. The van der Waals surface area contributed by atoms with Gasteiger partial charge in [0.05, 0.1) is 11.0 Å². The van der Waals surface area contributed by atoms with Crippen LogP contribution in [0.25, 0.3) is 11.0 Å². The van der Waals surface area contributed by atoms with Crippen molar-refractivity contribution in [1.29, 1.82) is 0 Å². The number of aromatic hydroxyl groups is 1. The van der Waals surface area contributed by atoms with Crippen molar-refractivity contribution in [1.82, 2.24) is 9.97 Å². The summed E-state index contributed by atoms with van der Waals surface area (Å²) in [4.78, 5) is 7.40. The third-order valence-electron chi connectivity index (χ3n) is 2.09. The van der Waals surface area contributed by atoms with E-state index < -0.39 is 0 Å². The minimum absolute atomic E-state index is 0.169. The van der Waals surface area contributed by atoms with Crippen molar-refractivity contribution < 1.29 is 10.2 Å². The second-order valence-corrected chi connectivity index (χ2v) is 3.21. The predicted molar refractivity (Wildman–Crippen MR) is 53.2 cm³/mol. The Bertz CT molecular complexity index is 437. The number of aromatic amines is 1. The molecule has 0 bridgehead atoms. The molecule has 4 nitrogen and oxygen atoms in total. The Hall–Kier alpha value is -1.55. The number of imidazole rings is 1. The molecule has 1 aromatic carbocycles. The van der Waals surface area contributed by atoms with E-state index in [4.69, 9.17) is 5.11 Å². The van der Waals surface area contributed by atoms with Crippen molar-refractivity contribution in [2.45, 2.75) is 12.8 Å². The van der Waals surface area contributed by atoms with Crippen molar-refractivity contribution >= 4 is 11.0 Å². The molecule has 3 N–H and O–H groups in total. The first kappa shape index (κ1) is 9.02. The number of hydrogen-bond acceptors (Lipinski definition) is 3. The highest BCUT2D eigenvalue weighted by Gasteiger charge is 2.02. The number of nitrogens with one attached hydrogen (secondary N) is 1. The summed E-state index contributed by atoms with van der Waals surface area (Å²) >= 11 is 0. The smallest absolute Gasteiger partial charge is 0.117 e. The molecule has 74 valence electrons. The zero-order valence-corrected chi connectivity index (χ0v) is 7.70. The van der Waals surface area contributed by atoms with Crippen molar-refractivity contribution in [3.05, 3.63) is 24.0 Å². The van der Waals surface area contributed by atoms with Crippen LogP contribution in [-0.4, -0.2) is 26.8 Å². The highest BCUT2D eigenvalue weighted by Crippen LogP contribution is 2.17. The lowest BCUT2D eigenvalue weighted by Crippen LogP contribution is -1.90. The van der Waals surface area contributed by atoms with Crippen LogP contribution < -0.4 is 0 Å². The van der Waals surface area contributed by atoms with Gasteiger partial charge in [-0.3, -0.25) is 0 Å². The SMILES string of the molecule is OCCCc1nc2ccc(O)cc2[nH]1. The molecule has 1 heterocycles. The second kappa shape index (κ2) is 3.67. The van der Waals surface area contributed by atoms with E-state index in [1.54, 1.807) is 18.2 Å². The maximum absolute atomic E-state index is 9.23. The molecule has 0 amide bonds. The molecule has 2 aromatic rings. The number of hydrogen-bond donors (Lipinski definition) is 3. The standard InChI is InChI=1S/C10H12N2O2/c13-5-1-2-10-11-8-4-3-7(14)6-9(8)12-10/h3-4,6,13-14H,1-2,5H2,(H,11,12). The van der Waals surface area contributed by atoms with E-state index in [0.717, 1.165) is 23.3 Å². The molecule has 0 saturated heterocycles. The van der Waals surface area contributed by atoms with Gasteiger partial charge in [-0.1, -0.05) is 0 Å². The van der Waals surface area contributed by atoms with Gasteiger partial charge in [0.15, 0.2) is 0 Å². The molecule has 2 rings (SSSR count). The van der Waals surface area contributed by atoms with Gasteiger partial charge in [-0.15, -0.1) is 0 Å². The minimum atomic E-state index is 0.169. The van der Waals surface area contributed by atoms with Crippen LogP contribution in [0.1, 0.15) is 12.2 Å². The van der Waals surface area contributed by atoms with E-state index in [1.165, 1.54) is 0 Å².